The third kappa shape index (κ3) is 1.54. The number of carbonyl (C=O) groups is 1. The van der Waals surface area contributed by atoms with E-state index in [1.54, 1.807) is 0 Å². The van der Waals surface area contributed by atoms with Gasteiger partial charge in [0.15, 0.2) is 0 Å². The highest BCUT2D eigenvalue weighted by atomic mass is 32.1. The van der Waals surface area contributed by atoms with E-state index in [1.807, 2.05) is 23.1 Å². The Morgan fingerprint density at radius 2 is 1.89 bits per heavy atom. The molecule has 2 nitrogen and oxygen atoms in total. The maximum atomic E-state index is 12.6. The quantitative estimate of drug-likeness (QED) is 0.845. The Labute approximate surface area is 117 Å². The van der Waals surface area contributed by atoms with Crippen molar-refractivity contribution in [3.63, 3.8) is 0 Å². The maximum absolute atomic E-state index is 12.6. The van der Waals surface area contributed by atoms with Gasteiger partial charge in [0, 0.05) is 17.5 Å². The summed E-state index contributed by atoms with van der Waals surface area (Å²) in [4.78, 5) is 14.6. The van der Waals surface area contributed by atoms with E-state index in [0.29, 0.717) is 0 Å². The van der Waals surface area contributed by atoms with Gasteiger partial charge in [0.25, 0.3) is 5.91 Å². The molecule has 1 aliphatic heterocycles. The zero-order chi connectivity index (χ0) is 13.0. The van der Waals surface area contributed by atoms with Gasteiger partial charge in [-0.05, 0) is 41.5 Å². The third-order valence-corrected chi connectivity index (χ3v) is 5.11. The summed E-state index contributed by atoms with van der Waals surface area (Å²) in [5, 5.41) is 2.27. The molecule has 19 heavy (non-hydrogen) atoms. The van der Waals surface area contributed by atoms with Gasteiger partial charge in [-0.2, -0.15) is 12.6 Å². The number of benzene rings is 2. The molecular formula is C16H15NOS. The van der Waals surface area contributed by atoms with Gasteiger partial charge in [0.2, 0.25) is 0 Å². The van der Waals surface area contributed by atoms with E-state index >= 15 is 0 Å². The molecule has 0 aromatic heterocycles. The van der Waals surface area contributed by atoms with Crippen LogP contribution in [0.25, 0.3) is 10.8 Å². The molecule has 0 N–H and O–H groups in total. The molecule has 1 fully saturated rings. The first kappa shape index (κ1) is 11.4. The molecule has 0 atom stereocenters. The summed E-state index contributed by atoms with van der Waals surface area (Å²) in [6.07, 6.45) is 2.37. The fourth-order valence-corrected chi connectivity index (χ4v) is 3.43. The van der Waals surface area contributed by atoms with Crippen LogP contribution in [0.1, 0.15) is 23.2 Å². The first-order chi connectivity index (χ1) is 9.24. The van der Waals surface area contributed by atoms with Crippen LogP contribution in [0.2, 0.25) is 0 Å². The minimum Gasteiger partial charge on any atom is -0.307 e. The second-order valence-electron chi connectivity index (χ2n) is 5.73. The largest absolute Gasteiger partial charge is 0.307 e. The Balaban J connectivity index is 1.85. The van der Waals surface area contributed by atoms with Crippen LogP contribution in [-0.4, -0.2) is 18.2 Å². The zero-order valence-electron chi connectivity index (χ0n) is 10.6. The highest BCUT2D eigenvalue weighted by molar-refractivity contribution is 7.80. The van der Waals surface area contributed by atoms with Crippen molar-refractivity contribution >= 4 is 35.0 Å². The Bertz CT molecular complexity index is 685. The monoisotopic (exact) mass is 269 g/mol. The third-order valence-electron chi connectivity index (χ3n) is 4.44. The van der Waals surface area contributed by atoms with Gasteiger partial charge in [0.05, 0.1) is 5.69 Å². The van der Waals surface area contributed by atoms with Crippen LogP contribution in [0.5, 0.6) is 0 Å². The molecule has 1 aliphatic carbocycles. The summed E-state index contributed by atoms with van der Waals surface area (Å²) in [7, 11) is 0. The van der Waals surface area contributed by atoms with Crippen LogP contribution in [-0.2, 0) is 0 Å². The number of nitrogens with zero attached hydrogens (tertiary/aromatic N) is 1. The average molecular weight is 269 g/mol. The van der Waals surface area contributed by atoms with E-state index in [-0.39, 0.29) is 11.3 Å². The van der Waals surface area contributed by atoms with Crippen LogP contribution < -0.4 is 4.90 Å². The molecule has 2 aliphatic rings. The molecule has 1 saturated carbocycles. The lowest BCUT2D eigenvalue weighted by Crippen LogP contribution is -2.33. The lowest BCUT2D eigenvalue weighted by Gasteiger charge is -2.23. The topological polar surface area (TPSA) is 20.3 Å². The normalized spacial score (nSPS) is 19.2. The summed E-state index contributed by atoms with van der Waals surface area (Å²) < 4.78 is 0. The van der Waals surface area contributed by atoms with Gasteiger partial charge >= 0.3 is 0 Å². The van der Waals surface area contributed by atoms with E-state index in [1.165, 1.54) is 12.8 Å². The number of thiol groups is 1. The molecule has 3 heteroatoms. The fourth-order valence-electron chi connectivity index (χ4n) is 3.01. The predicted octanol–water partition coefficient (Wildman–Crippen LogP) is 3.51. The number of hydrogen-bond acceptors (Lipinski definition) is 2. The number of hydrogen-bond donors (Lipinski definition) is 1. The predicted molar refractivity (Wildman–Crippen MR) is 81.1 cm³/mol. The van der Waals surface area contributed by atoms with Crippen LogP contribution in [0, 0.1) is 5.41 Å². The molecule has 1 heterocycles. The standard InChI is InChI=1S/C16H15NOS/c18-15-12-5-1-3-11-4-2-6-13(14(11)12)17(15)9-16(10-19)7-8-16/h1-6,19H,7-10H2. The Kier molecular flexibility index (Phi) is 2.25. The molecule has 1 amide bonds. The van der Waals surface area contributed by atoms with Crippen molar-refractivity contribution < 1.29 is 4.79 Å². The molecule has 2 aromatic rings. The molecule has 96 valence electrons. The highest BCUT2D eigenvalue weighted by Gasteiger charge is 2.45. The van der Waals surface area contributed by atoms with Crippen molar-refractivity contribution in [2.75, 3.05) is 17.2 Å². The zero-order valence-corrected chi connectivity index (χ0v) is 11.5. The lowest BCUT2D eigenvalue weighted by atomic mass is 10.1. The van der Waals surface area contributed by atoms with Crippen molar-refractivity contribution in [1.29, 1.82) is 0 Å². The average Bonchev–Trinajstić information content (AvgIpc) is 3.18. The van der Waals surface area contributed by atoms with E-state index in [4.69, 9.17) is 0 Å². The van der Waals surface area contributed by atoms with Gasteiger partial charge in [-0.25, -0.2) is 0 Å². The molecule has 2 aromatic carbocycles. The second kappa shape index (κ2) is 3.76. The van der Waals surface area contributed by atoms with Crippen LogP contribution in [0.4, 0.5) is 5.69 Å². The Morgan fingerprint density at radius 1 is 1.16 bits per heavy atom. The van der Waals surface area contributed by atoms with Crippen molar-refractivity contribution in [3.05, 3.63) is 42.0 Å². The minimum atomic E-state index is 0.153. The van der Waals surface area contributed by atoms with E-state index in [2.05, 4.69) is 30.8 Å². The molecule has 4 rings (SSSR count). The van der Waals surface area contributed by atoms with Gasteiger partial charge in [-0.3, -0.25) is 4.79 Å². The van der Waals surface area contributed by atoms with Crippen LogP contribution >= 0.6 is 12.6 Å². The smallest absolute Gasteiger partial charge is 0.259 e. The summed E-state index contributed by atoms with van der Waals surface area (Å²) in [5.74, 6) is 1.02. The molecule has 0 unspecified atom stereocenters. The minimum absolute atomic E-state index is 0.153. The fraction of sp³-hybridized carbons (Fsp3) is 0.312. The maximum Gasteiger partial charge on any atom is 0.259 e. The first-order valence-electron chi connectivity index (χ1n) is 6.69. The first-order valence-corrected chi connectivity index (χ1v) is 7.32. The van der Waals surface area contributed by atoms with Crippen molar-refractivity contribution in [1.82, 2.24) is 0 Å². The number of carbonyl (C=O) groups excluding carboxylic acids is 1. The Hall–Kier alpha value is -1.48. The highest BCUT2D eigenvalue weighted by Crippen LogP contribution is 2.49. The van der Waals surface area contributed by atoms with Gasteiger partial charge in [0.1, 0.15) is 0 Å². The molecule has 0 spiro atoms. The van der Waals surface area contributed by atoms with Crippen molar-refractivity contribution in [2.24, 2.45) is 5.41 Å². The number of rotatable bonds is 3. The second-order valence-corrected chi connectivity index (χ2v) is 6.05. The van der Waals surface area contributed by atoms with Crippen molar-refractivity contribution in [3.8, 4) is 0 Å². The van der Waals surface area contributed by atoms with Gasteiger partial charge in [-0.15, -0.1) is 0 Å². The summed E-state index contributed by atoms with van der Waals surface area (Å²) in [6, 6.07) is 12.1. The summed E-state index contributed by atoms with van der Waals surface area (Å²) >= 11 is 4.45. The Morgan fingerprint density at radius 3 is 2.58 bits per heavy atom. The van der Waals surface area contributed by atoms with Gasteiger partial charge in [-0.1, -0.05) is 24.3 Å². The van der Waals surface area contributed by atoms with Gasteiger partial charge < -0.3 is 4.90 Å². The molecule has 0 bridgehead atoms. The summed E-state index contributed by atoms with van der Waals surface area (Å²) in [5.41, 5.74) is 2.18. The number of anilines is 1. The lowest BCUT2D eigenvalue weighted by molar-refractivity contribution is 0.0988. The summed E-state index contributed by atoms with van der Waals surface area (Å²) in [6.45, 7) is 0.809. The molecular weight excluding hydrogens is 254 g/mol. The number of amides is 1. The van der Waals surface area contributed by atoms with Crippen molar-refractivity contribution in [2.45, 2.75) is 12.8 Å². The van der Waals surface area contributed by atoms with Crippen LogP contribution in [0.3, 0.4) is 0 Å². The van der Waals surface area contributed by atoms with E-state index < -0.39 is 0 Å². The van der Waals surface area contributed by atoms with E-state index in [0.717, 1.165) is 34.3 Å². The molecule has 0 saturated heterocycles. The SMILES string of the molecule is O=C1c2cccc3cccc(c23)N1CC1(CS)CC1. The molecule has 0 radical (unpaired) electrons. The van der Waals surface area contributed by atoms with Crippen LogP contribution in [0.15, 0.2) is 36.4 Å². The van der Waals surface area contributed by atoms with E-state index in [9.17, 15) is 4.79 Å².